The normalized spacial score (nSPS) is 10.8. The van der Waals surface area contributed by atoms with Crippen molar-refractivity contribution in [3.63, 3.8) is 0 Å². The number of ether oxygens (including phenoxy) is 3. The Bertz CT molecular complexity index is 893. The molecule has 33 heavy (non-hydrogen) atoms. The number of halogens is 1. The Morgan fingerprint density at radius 1 is 1.09 bits per heavy atom. The minimum atomic E-state index is -0.509. The number of carbonyl (C=O) groups is 1. The van der Waals surface area contributed by atoms with Gasteiger partial charge in [0.1, 0.15) is 11.5 Å². The van der Waals surface area contributed by atoms with Gasteiger partial charge in [0.2, 0.25) is 0 Å². The number of primary amides is 1. The highest BCUT2D eigenvalue weighted by Crippen LogP contribution is 2.20. The molecule has 4 N–H and O–H groups in total. The first kappa shape index (κ1) is 28.5. The largest absolute Gasteiger partial charge is 0.493 e. The lowest BCUT2D eigenvalue weighted by molar-refractivity contribution is -0.119. The fourth-order valence-electron chi connectivity index (χ4n) is 2.91. The third-order valence-corrected chi connectivity index (χ3v) is 4.46. The van der Waals surface area contributed by atoms with E-state index in [4.69, 9.17) is 19.9 Å². The highest BCUT2D eigenvalue weighted by molar-refractivity contribution is 14.0. The average Bonchev–Trinajstić information content (AvgIpc) is 2.78. The second-order valence-corrected chi connectivity index (χ2v) is 7.26. The molecule has 0 spiro atoms. The summed E-state index contributed by atoms with van der Waals surface area (Å²) >= 11 is 0. The van der Waals surface area contributed by atoms with Crippen molar-refractivity contribution in [3.8, 4) is 11.5 Å². The number of nitrogens with one attached hydrogen (secondary N) is 2. The SMILES string of the molecule is CCNC(=NCc1cccc(OCC(N)=O)c1)NCc1ccc(C)cc1OCCCOC.I. The molecule has 0 unspecified atom stereocenters. The number of amides is 1. The number of benzene rings is 2. The number of nitrogens with zero attached hydrogens (tertiary/aromatic N) is 1. The van der Waals surface area contributed by atoms with Crippen LogP contribution in [-0.4, -0.2) is 45.3 Å². The minimum absolute atomic E-state index is 0. The van der Waals surface area contributed by atoms with E-state index >= 15 is 0 Å². The van der Waals surface area contributed by atoms with Gasteiger partial charge >= 0.3 is 0 Å². The molecule has 0 atom stereocenters. The fourth-order valence-corrected chi connectivity index (χ4v) is 2.91. The van der Waals surface area contributed by atoms with Crippen LogP contribution in [0.5, 0.6) is 11.5 Å². The maximum atomic E-state index is 10.9. The van der Waals surface area contributed by atoms with E-state index in [2.05, 4.69) is 27.8 Å². The van der Waals surface area contributed by atoms with E-state index in [9.17, 15) is 4.79 Å². The van der Waals surface area contributed by atoms with Gasteiger partial charge in [-0.05, 0) is 43.2 Å². The molecule has 2 aromatic carbocycles. The molecule has 0 aliphatic heterocycles. The van der Waals surface area contributed by atoms with Crippen molar-refractivity contribution in [3.05, 3.63) is 59.2 Å². The molecule has 2 rings (SSSR count). The van der Waals surface area contributed by atoms with Gasteiger partial charge < -0.3 is 30.6 Å². The second kappa shape index (κ2) is 16.1. The van der Waals surface area contributed by atoms with Crippen LogP contribution in [0.2, 0.25) is 0 Å². The zero-order valence-electron chi connectivity index (χ0n) is 19.6. The quantitative estimate of drug-likeness (QED) is 0.148. The van der Waals surface area contributed by atoms with Gasteiger partial charge in [0.15, 0.2) is 12.6 Å². The Hall–Kier alpha value is -2.53. The Kier molecular flexibility index (Phi) is 13.9. The van der Waals surface area contributed by atoms with E-state index in [0.717, 1.165) is 35.4 Å². The van der Waals surface area contributed by atoms with Crippen molar-refractivity contribution in [1.29, 1.82) is 0 Å². The van der Waals surface area contributed by atoms with Crippen LogP contribution < -0.4 is 25.8 Å². The standard InChI is InChI=1S/C24H34N4O4.HI/c1-4-26-24(27-15-19-7-5-8-21(14-19)32-17-23(25)29)28-16-20-10-9-18(2)13-22(20)31-12-6-11-30-3;/h5,7-10,13-14H,4,6,11-12,15-17H2,1-3H3,(H2,25,29)(H2,26,27,28);1H. The Morgan fingerprint density at radius 3 is 2.64 bits per heavy atom. The predicted octanol–water partition coefficient (Wildman–Crippen LogP) is 3.15. The molecule has 0 aromatic heterocycles. The van der Waals surface area contributed by atoms with Crippen molar-refractivity contribution in [2.24, 2.45) is 10.7 Å². The number of hydrogen-bond acceptors (Lipinski definition) is 5. The highest BCUT2D eigenvalue weighted by atomic mass is 127. The fraction of sp³-hybridized carbons (Fsp3) is 0.417. The molecule has 1 amide bonds. The highest BCUT2D eigenvalue weighted by Gasteiger charge is 2.07. The summed E-state index contributed by atoms with van der Waals surface area (Å²) in [7, 11) is 1.69. The van der Waals surface area contributed by atoms with Crippen molar-refractivity contribution < 1.29 is 19.0 Å². The van der Waals surface area contributed by atoms with E-state index in [1.165, 1.54) is 0 Å². The number of guanidine groups is 1. The van der Waals surface area contributed by atoms with Crippen molar-refractivity contribution >= 4 is 35.8 Å². The second-order valence-electron chi connectivity index (χ2n) is 7.26. The Morgan fingerprint density at radius 2 is 1.91 bits per heavy atom. The molecular formula is C24H35IN4O4. The van der Waals surface area contributed by atoms with Gasteiger partial charge in [0, 0.05) is 38.8 Å². The van der Waals surface area contributed by atoms with Gasteiger partial charge in [-0.3, -0.25) is 4.79 Å². The third-order valence-electron chi connectivity index (χ3n) is 4.46. The van der Waals surface area contributed by atoms with Gasteiger partial charge in [0.25, 0.3) is 5.91 Å². The number of aryl methyl sites for hydroxylation is 1. The van der Waals surface area contributed by atoms with Crippen LogP contribution in [0.1, 0.15) is 30.0 Å². The van der Waals surface area contributed by atoms with Crippen molar-refractivity contribution in [1.82, 2.24) is 10.6 Å². The van der Waals surface area contributed by atoms with Crippen LogP contribution in [-0.2, 0) is 22.6 Å². The summed E-state index contributed by atoms with van der Waals surface area (Å²) in [5.41, 5.74) is 8.30. The van der Waals surface area contributed by atoms with Gasteiger partial charge in [-0.15, -0.1) is 24.0 Å². The van der Waals surface area contributed by atoms with E-state index < -0.39 is 5.91 Å². The molecule has 0 heterocycles. The molecule has 0 radical (unpaired) electrons. The number of methoxy groups -OCH3 is 1. The predicted molar refractivity (Wildman–Crippen MR) is 141 cm³/mol. The molecule has 0 saturated carbocycles. The van der Waals surface area contributed by atoms with Crippen LogP contribution in [0, 0.1) is 6.92 Å². The molecule has 8 nitrogen and oxygen atoms in total. The summed E-state index contributed by atoms with van der Waals surface area (Å²) in [6, 6.07) is 13.6. The summed E-state index contributed by atoms with van der Waals surface area (Å²) in [5.74, 6) is 1.64. The first-order chi connectivity index (χ1) is 15.5. The molecule has 0 saturated heterocycles. The zero-order valence-corrected chi connectivity index (χ0v) is 21.9. The Labute approximate surface area is 213 Å². The smallest absolute Gasteiger partial charge is 0.255 e. The Balaban J connectivity index is 0.00000544. The lowest BCUT2D eigenvalue weighted by Crippen LogP contribution is -2.36. The summed E-state index contributed by atoms with van der Waals surface area (Å²) in [6.45, 7) is 6.96. The third kappa shape index (κ3) is 11.2. The molecule has 9 heteroatoms. The van der Waals surface area contributed by atoms with Crippen LogP contribution in [0.25, 0.3) is 0 Å². The molecule has 0 bridgehead atoms. The van der Waals surface area contributed by atoms with Gasteiger partial charge in [-0.1, -0.05) is 24.3 Å². The van der Waals surface area contributed by atoms with Gasteiger partial charge in [0.05, 0.1) is 13.2 Å². The van der Waals surface area contributed by atoms with Crippen molar-refractivity contribution in [2.45, 2.75) is 33.4 Å². The first-order valence-electron chi connectivity index (χ1n) is 10.7. The average molecular weight is 570 g/mol. The number of carbonyl (C=O) groups excluding carboxylic acids is 1. The van der Waals surface area contributed by atoms with Gasteiger partial charge in [-0.2, -0.15) is 0 Å². The maximum absolute atomic E-state index is 10.9. The van der Waals surface area contributed by atoms with Gasteiger partial charge in [-0.25, -0.2) is 4.99 Å². The van der Waals surface area contributed by atoms with Crippen LogP contribution in [0.4, 0.5) is 0 Å². The molecule has 0 aliphatic rings. The lowest BCUT2D eigenvalue weighted by Gasteiger charge is -2.15. The van der Waals surface area contributed by atoms with Crippen LogP contribution in [0.3, 0.4) is 0 Å². The van der Waals surface area contributed by atoms with E-state index in [1.807, 2.05) is 38.1 Å². The number of rotatable bonds is 13. The molecule has 182 valence electrons. The minimum Gasteiger partial charge on any atom is -0.493 e. The van der Waals surface area contributed by atoms with Crippen molar-refractivity contribution in [2.75, 3.05) is 33.5 Å². The lowest BCUT2D eigenvalue weighted by atomic mass is 10.1. The zero-order chi connectivity index (χ0) is 23.2. The summed E-state index contributed by atoms with van der Waals surface area (Å²) in [4.78, 5) is 15.6. The van der Waals surface area contributed by atoms with Crippen LogP contribution >= 0.6 is 24.0 Å². The maximum Gasteiger partial charge on any atom is 0.255 e. The monoisotopic (exact) mass is 570 g/mol. The number of hydrogen-bond donors (Lipinski definition) is 3. The summed E-state index contributed by atoms with van der Waals surface area (Å²) in [6.07, 6.45) is 0.837. The number of aliphatic imine (C=N–C) groups is 1. The van der Waals surface area contributed by atoms with E-state index in [1.54, 1.807) is 13.2 Å². The first-order valence-corrected chi connectivity index (χ1v) is 10.7. The van der Waals surface area contributed by atoms with Crippen LogP contribution in [0.15, 0.2) is 47.5 Å². The van der Waals surface area contributed by atoms with E-state index in [0.29, 0.717) is 38.0 Å². The topological polar surface area (TPSA) is 107 Å². The molecule has 0 fully saturated rings. The molecule has 2 aromatic rings. The number of nitrogens with two attached hydrogens (primary N) is 1. The van der Waals surface area contributed by atoms with E-state index in [-0.39, 0.29) is 30.6 Å². The molecular weight excluding hydrogens is 535 g/mol. The summed E-state index contributed by atoms with van der Waals surface area (Å²) < 4.78 is 16.4. The summed E-state index contributed by atoms with van der Waals surface area (Å²) in [5, 5.41) is 6.62. The molecule has 0 aliphatic carbocycles.